The maximum atomic E-state index is 11.8. The highest BCUT2D eigenvalue weighted by molar-refractivity contribution is 6.27. The topological polar surface area (TPSA) is 75.6 Å². The van der Waals surface area contributed by atoms with Crippen LogP contribution in [0.2, 0.25) is 0 Å². The quantitative estimate of drug-likeness (QED) is 0.736. The molecule has 1 saturated heterocycles. The van der Waals surface area contributed by atoms with Gasteiger partial charge in [-0.05, 0) is 12.5 Å². The summed E-state index contributed by atoms with van der Waals surface area (Å²) in [5, 5.41) is 2.28. The Bertz CT molecular complexity index is 604. The molecule has 1 fully saturated rings. The first-order valence-corrected chi connectivity index (χ1v) is 5.73. The largest absolute Gasteiger partial charge is 0.296 e. The van der Waals surface area contributed by atoms with Crippen molar-refractivity contribution in [3.05, 3.63) is 35.4 Å². The van der Waals surface area contributed by atoms with Gasteiger partial charge in [-0.3, -0.25) is 19.7 Å². The molecular weight excluding hydrogens is 232 g/mol. The zero-order valence-corrected chi connectivity index (χ0v) is 9.47. The highest BCUT2D eigenvalue weighted by atomic mass is 16.2. The second-order valence-electron chi connectivity index (χ2n) is 4.35. The highest BCUT2D eigenvalue weighted by Crippen LogP contribution is 2.26. The number of carbonyl (C=O) groups excluding carboxylic acids is 3. The Morgan fingerprint density at radius 1 is 1.11 bits per heavy atom. The normalized spacial score (nSPS) is 22.6. The maximum absolute atomic E-state index is 11.8. The predicted octanol–water partition coefficient (Wildman–Crippen LogP) is 0.682. The molecule has 5 nitrogen and oxygen atoms in total. The molecule has 1 atom stereocenters. The van der Waals surface area contributed by atoms with Crippen LogP contribution in [0.25, 0.3) is 0 Å². The summed E-state index contributed by atoms with van der Waals surface area (Å²) in [6.45, 7) is 0. The molecule has 0 aromatic heterocycles. The second kappa shape index (κ2) is 3.87. The Morgan fingerprint density at radius 3 is 2.56 bits per heavy atom. The number of carbonyl (C=O) groups is 3. The number of imide groups is 1. The van der Waals surface area contributed by atoms with Gasteiger partial charge in [-0.15, -0.1) is 0 Å². The van der Waals surface area contributed by atoms with Crippen LogP contribution in [0.4, 0.5) is 0 Å². The first kappa shape index (κ1) is 10.8. The van der Waals surface area contributed by atoms with Crippen molar-refractivity contribution in [2.75, 3.05) is 0 Å². The minimum atomic E-state index is -0.504. The number of hydrogen-bond acceptors (Lipinski definition) is 3. The third-order valence-electron chi connectivity index (χ3n) is 3.22. The molecule has 0 bridgehead atoms. The number of nitrogens with one attached hydrogen (secondary N) is 1. The second-order valence-corrected chi connectivity index (χ2v) is 4.35. The number of fused-ring (bicyclic) bond motifs is 1. The fourth-order valence-corrected chi connectivity index (χ4v) is 2.34. The molecule has 0 spiro atoms. The lowest BCUT2D eigenvalue weighted by atomic mass is 9.89. The first-order chi connectivity index (χ1) is 8.66. The Hall–Kier alpha value is -2.30. The Balaban J connectivity index is 1.99. The van der Waals surface area contributed by atoms with Crippen LogP contribution in [0, 0.1) is 5.92 Å². The first-order valence-electron chi connectivity index (χ1n) is 5.73. The summed E-state index contributed by atoms with van der Waals surface area (Å²) in [7, 11) is 0. The van der Waals surface area contributed by atoms with Crippen molar-refractivity contribution >= 4 is 23.4 Å². The Morgan fingerprint density at radius 2 is 1.83 bits per heavy atom. The Labute approximate surface area is 103 Å². The third-order valence-corrected chi connectivity index (χ3v) is 3.22. The van der Waals surface area contributed by atoms with Gasteiger partial charge in [0.25, 0.3) is 5.91 Å². The van der Waals surface area contributed by atoms with Crippen LogP contribution in [0.5, 0.6) is 0 Å². The number of hydrogen-bond donors (Lipinski definition) is 1. The third kappa shape index (κ3) is 1.55. The van der Waals surface area contributed by atoms with Crippen LogP contribution in [-0.2, 0) is 9.59 Å². The van der Waals surface area contributed by atoms with Crippen LogP contribution in [0.1, 0.15) is 28.8 Å². The van der Waals surface area contributed by atoms with Gasteiger partial charge in [0.15, 0.2) is 0 Å². The summed E-state index contributed by atoms with van der Waals surface area (Å²) in [4.78, 5) is 38.6. The molecule has 90 valence electrons. The molecule has 0 radical (unpaired) electrons. The molecule has 1 N–H and O–H groups in total. The number of aliphatic imine (C=N–C) groups is 1. The number of piperidine rings is 1. The average molecular weight is 242 g/mol. The SMILES string of the molecule is O=C1CCC(C2=NC(=O)c3ccccc32)C(=O)N1. The molecular formula is C13H10N2O3. The minimum absolute atomic E-state index is 0.269. The van der Waals surface area contributed by atoms with E-state index in [9.17, 15) is 14.4 Å². The highest BCUT2D eigenvalue weighted by Gasteiger charge is 2.36. The van der Waals surface area contributed by atoms with Gasteiger partial charge in [0, 0.05) is 12.0 Å². The summed E-state index contributed by atoms with van der Waals surface area (Å²) in [5.41, 5.74) is 1.72. The van der Waals surface area contributed by atoms with Gasteiger partial charge in [0.05, 0.1) is 17.2 Å². The van der Waals surface area contributed by atoms with E-state index in [1.165, 1.54) is 0 Å². The van der Waals surface area contributed by atoms with Crippen molar-refractivity contribution in [3.63, 3.8) is 0 Å². The van der Waals surface area contributed by atoms with Crippen LogP contribution >= 0.6 is 0 Å². The van der Waals surface area contributed by atoms with E-state index in [0.29, 0.717) is 23.3 Å². The van der Waals surface area contributed by atoms with Crippen molar-refractivity contribution < 1.29 is 14.4 Å². The molecule has 5 heteroatoms. The van der Waals surface area contributed by atoms with Crippen LogP contribution in [-0.4, -0.2) is 23.4 Å². The van der Waals surface area contributed by atoms with Gasteiger partial charge in [-0.1, -0.05) is 18.2 Å². The molecule has 18 heavy (non-hydrogen) atoms. The zero-order chi connectivity index (χ0) is 12.7. The fraction of sp³-hybridized carbons (Fsp3) is 0.231. The van der Waals surface area contributed by atoms with E-state index < -0.39 is 5.92 Å². The molecule has 3 amide bonds. The van der Waals surface area contributed by atoms with Crippen molar-refractivity contribution in [3.8, 4) is 0 Å². The molecule has 1 aromatic carbocycles. The summed E-state index contributed by atoms with van der Waals surface area (Å²) in [6.07, 6.45) is 0.691. The van der Waals surface area contributed by atoms with Crippen molar-refractivity contribution in [1.29, 1.82) is 0 Å². The van der Waals surface area contributed by atoms with Gasteiger partial charge < -0.3 is 0 Å². The number of rotatable bonds is 1. The van der Waals surface area contributed by atoms with E-state index in [0.717, 1.165) is 0 Å². The van der Waals surface area contributed by atoms with Crippen molar-refractivity contribution in [2.24, 2.45) is 10.9 Å². The molecule has 2 aliphatic rings. The van der Waals surface area contributed by atoms with Crippen LogP contribution < -0.4 is 5.32 Å². The molecule has 2 aliphatic heterocycles. The zero-order valence-electron chi connectivity index (χ0n) is 9.47. The Kier molecular flexibility index (Phi) is 2.33. The fourth-order valence-electron chi connectivity index (χ4n) is 2.34. The van der Waals surface area contributed by atoms with E-state index in [1.807, 2.05) is 0 Å². The van der Waals surface area contributed by atoms with E-state index >= 15 is 0 Å². The van der Waals surface area contributed by atoms with Crippen molar-refractivity contribution in [2.45, 2.75) is 12.8 Å². The molecule has 2 heterocycles. The van der Waals surface area contributed by atoms with Gasteiger partial charge in [-0.25, -0.2) is 4.99 Å². The van der Waals surface area contributed by atoms with E-state index in [4.69, 9.17) is 0 Å². The summed E-state index contributed by atoms with van der Waals surface area (Å²) in [6, 6.07) is 7.04. The van der Waals surface area contributed by atoms with Gasteiger partial charge in [0.2, 0.25) is 11.8 Å². The van der Waals surface area contributed by atoms with Crippen LogP contribution in [0.15, 0.2) is 29.3 Å². The minimum Gasteiger partial charge on any atom is -0.296 e. The average Bonchev–Trinajstić information content (AvgIpc) is 2.68. The lowest BCUT2D eigenvalue weighted by Gasteiger charge is -2.20. The van der Waals surface area contributed by atoms with Gasteiger partial charge in [0.1, 0.15) is 0 Å². The molecule has 1 aromatic rings. The van der Waals surface area contributed by atoms with Gasteiger partial charge >= 0.3 is 0 Å². The number of amides is 3. The van der Waals surface area contributed by atoms with Gasteiger partial charge in [-0.2, -0.15) is 0 Å². The van der Waals surface area contributed by atoms with E-state index in [-0.39, 0.29) is 24.1 Å². The van der Waals surface area contributed by atoms with Crippen LogP contribution in [0.3, 0.4) is 0 Å². The maximum Gasteiger partial charge on any atom is 0.277 e. The standard InChI is InChI=1S/C13H10N2O3/c16-10-6-5-9(13(18)14-10)11-7-3-1-2-4-8(7)12(17)15-11/h1-4,9H,5-6H2,(H,14,16,18). The summed E-state index contributed by atoms with van der Waals surface area (Å²) >= 11 is 0. The smallest absolute Gasteiger partial charge is 0.277 e. The molecule has 3 rings (SSSR count). The van der Waals surface area contributed by atoms with Crippen molar-refractivity contribution in [1.82, 2.24) is 5.32 Å². The molecule has 0 aliphatic carbocycles. The molecule has 0 saturated carbocycles. The van der Waals surface area contributed by atoms with E-state index in [1.54, 1.807) is 24.3 Å². The predicted molar refractivity (Wildman–Crippen MR) is 63.2 cm³/mol. The number of nitrogens with zero attached hydrogens (tertiary/aromatic N) is 1. The molecule has 1 unspecified atom stereocenters. The lowest BCUT2D eigenvalue weighted by molar-refractivity contribution is -0.134. The number of benzene rings is 1. The summed E-state index contributed by atoms with van der Waals surface area (Å²) in [5.74, 6) is -1.45. The lowest BCUT2D eigenvalue weighted by Crippen LogP contribution is -2.43. The monoisotopic (exact) mass is 242 g/mol. The summed E-state index contributed by atoms with van der Waals surface area (Å²) < 4.78 is 0. The van der Waals surface area contributed by atoms with E-state index in [2.05, 4.69) is 10.3 Å².